The van der Waals surface area contributed by atoms with Crippen molar-refractivity contribution in [1.82, 2.24) is 10.2 Å². The van der Waals surface area contributed by atoms with Crippen molar-refractivity contribution in [3.8, 4) is 0 Å². The number of rotatable bonds is 4. The van der Waals surface area contributed by atoms with Crippen molar-refractivity contribution in [3.63, 3.8) is 0 Å². The number of benzene rings is 3. The molecule has 0 bridgehead atoms. The Morgan fingerprint density at radius 2 is 1.74 bits per heavy atom. The van der Waals surface area contributed by atoms with E-state index in [1.54, 1.807) is 12.1 Å². The lowest BCUT2D eigenvalue weighted by atomic mass is 10.0. The summed E-state index contributed by atoms with van der Waals surface area (Å²) in [6.07, 6.45) is 0.509. The molecule has 0 aliphatic carbocycles. The highest BCUT2D eigenvalue weighted by atomic mass is 79.9. The van der Waals surface area contributed by atoms with Gasteiger partial charge in [0.2, 0.25) is 5.91 Å². The molecule has 0 atom stereocenters. The summed E-state index contributed by atoms with van der Waals surface area (Å²) < 4.78 is 0.921. The van der Waals surface area contributed by atoms with Crippen LogP contribution in [0.1, 0.15) is 23.7 Å². The lowest BCUT2D eigenvalue weighted by Crippen LogP contribution is -2.48. The van der Waals surface area contributed by atoms with Crippen molar-refractivity contribution in [2.45, 2.75) is 13.3 Å². The molecule has 9 heteroatoms. The second kappa shape index (κ2) is 10.7. The number of carbonyl (C=O) groups excluding carboxylic acids is 2. The molecule has 2 amide bonds. The van der Waals surface area contributed by atoms with Crippen molar-refractivity contribution in [1.29, 1.82) is 0 Å². The first-order valence-electron chi connectivity index (χ1n) is 11.0. The van der Waals surface area contributed by atoms with Gasteiger partial charge >= 0.3 is 0 Å². The second-order valence-corrected chi connectivity index (χ2v) is 9.63. The summed E-state index contributed by atoms with van der Waals surface area (Å²) >= 11 is 15.3. The number of fused-ring (bicyclic) bond motifs is 1. The molecule has 0 saturated carbocycles. The first-order valence-corrected chi connectivity index (χ1v) is 12.6. The summed E-state index contributed by atoms with van der Waals surface area (Å²) in [5, 5.41) is 8.44. The molecular weight excluding hydrogens is 536 g/mol. The summed E-state index contributed by atoms with van der Waals surface area (Å²) in [4.78, 5) is 29.1. The van der Waals surface area contributed by atoms with Crippen molar-refractivity contribution >= 4 is 78.8 Å². The van der Waals surface area contributed by atoms with E-state index in [0.29, 0.717) is 48.9 Å². The average molecular weight is 560 g/mol. The van der Waals surface area contributed by atoms with Gasteiger partial charge in [-0.25, -0.2) is 0 Å². The van der Waals surface area contributed by atoms with Gasteiger partial charge in [-0.05, 0) is 53.3 Å². The highest BCUT2D eigenvalue weighted by Crippen LogP contribution is 2.30. The standard InChI is InChI=1S/C25H24BrClN4O2S/c1-2-23(32)31-13-11-30(12-14-31)22-10-9-16(27)15-21(22)28-25(34)29-24(33)19-7-3-6-18-17(19)5-4-8-20(18)26/h3-10,15H,2,11-14H2,1H3,(H2,28,29,33,34). The van der Waals surface area contributed by atoms with Crippen molar-refractivity contribution in [3.05, 3.63) is 69.7 Å². The van der Waals surface area contributed by atoms with Gasteiger partial charge in [0.15, 0.2) is 5.11 Å². The molecule has 6 nitrogen and oxygen atoms in total. The first kappa shape index (κ1) is 24.4. The molecule has 1 fully saturated rings. The lowest BCUT2D eigenvalue weighted by molar-refractivity contribution is -0.131. The Bertz CT molecular complexity index is 1260. The number of nitrogens with one attached hydrogen (secondary N) is 2. The predicted molar refractivity (Wildman–Crippen MR) is 146 cm³/mol. The molecule has 3 aromatic carbocycles. The number of carbonyl (C=O) groups is 2. The van der Waals surface area contributed by atoms with E-state index in [1.165, 1.54) is 0 Å². The van der Waals surface area contributed by atoms with Crippen LogP contribution in [0.15, 0.2) is 59.1 Å². The van der Waals surface area contributed by atoms with Gasteiger partial charge in [0.1, 0.15) is 0 Å². The molecule has 34 heavy (non-hydrogen) atoms. The van der Waals surface area contributed by atoms with E-state index in [0.717, 1.165) is 20.9 Å². The van der Waals surface area contributed by atoms with Crippen LogP contribution in [0.25, 0.3) is 10.8 Å². The second-order valence-electron chi connectivity index (χ2n) is 7.93. The highest BCUT2D eigenvalue weighted by Gasteiger charge is 2.22. The monoisotopic (exact) mass is 558 g/mol. The maximum absolute atomic E-state index is 13.0. The molecule has 176 valence electrons. The van der Waals surface area contributed by atoms with E-state index in [2.05, 4.69) is 31.5 Å². The van der Waals surface area contributed by atoms with Crippen molar-refractivity contribution in [2.75, 3.05) is 36.4 Å². The van der Waals surface area contributed by atoms with Gasteiger partial charge in [0.25, 0.3) is 5.91 Å². The molecule has 0 spiro atoms. The van der Waals surface area contributed by atoms with Gasteiger partial charge in [-0.3, -0.25) is 14.9 Å². The van der Waals surface area contributed by atoms with Crippen LogP contribution < -0.4 is 15.5 Å². The summed E-state index contributed by atoms with van der Waals surface area (Å²) in [6, 6.07) is 16.8. The van der Waals surface area contributed by atoms with Crippen LogP contribution in [0.4, 0.5) is 11.4 Å². The number of halogens is 2. The summed E-state index contributed by atoms with van der Waals surface area (Å²) in [7, 11) is 0. The minimum atomic E-state index is -0.295. The van der Waals surface area contributed by atoms with Crippen molar-refractivity contribution in [2.24, 2.45) is 0 Å². The van der Waals surface area contributed by atoms with E-state index in [1.807, 2.05) is 54.3 Å². The van der Waals surface area contributed by atoms with Crippen LogP contribution in [0, 0.1) is 0 Å². The Morgan fingerprint density at radius 1 is 1.03 bits per heavy atom. The van der Waals surface area contributed by atoms with Crippen LogP contribution in [0.2, 0.25) is 5.02 Å². The zero-order valence-electron chi connectivity index (χ0n) is 18.6. The smallest absolute Gasteiger partial charge is 0.258 e. The first-order chi connectivity index (χ1) is 16.4. The summed E-state index contributed by atoms with van der Waals surface area (Å²) in [6.45, 7) is 4.60. The molecule has 2 N–H and O–H groups in total. The molecule has 1 aliphatic rings. The Labute approximate surface area is 217 Å². The Hall–Kier alpha value is -2.68. The number of hydrogen-bond donors (Lipinski definition) is 2. The number of anilines is 2. The SMILES string of the molecule is CCC(=O)N1CCN(c2ccc(Cl)cc2NC(=S)NC(=O)c2cccc3c(Br)cccc23)CC1. The number of nitrogens with zero attached hydrogens (tertiary/aromatic N) is 2. The van der Waals surface area contributed by atoms with Crippen LogP contribution in [-0.4, -0.2) is 48.0 Å². The van der Waals surface area contributed by atoms with E-state index < -0.39 is 0 Å². The zero-order valence-corrected chi connectivity index (χ0v) is 21.8. The van der Waals surface area contributed by atoms with Gasteiger partial charge in [0, 0.05) is 47.7 Å². The fourth-order valence-electron chi connectivity index (χ4n) is 4.10. The van der Waals surface area contributed by atoms with Crippen LogP contribution in [0.3, 0.4) is 0 Å². The van der Waals surface area contributed by atoms with Gasteiger partial charge in [-0.2, -0.15) is 0 Å². The Kier molecular flexibility index (Phi) is 7.70. The van der Waals surface area contributed by atoms with Gasteiger partial charge in [0.05, 0.1) is 11.4 Å². The van der Waals surface area contributed by atoms with Gasteiger partial charge < -0.3 is 15.1 Å². The number of hydrogen-bond acceptors (Lipinski definition) is 4. The molecule has 0 radical (unpaired) electrons. The van der Waals surface area contributed by atoms with Gasteiger partial charge in [-0.1, -0.05) is 58.7 Å². The van der Waals surface area contributed by atoms with Crippen molar-refractivity contribution < 1.29 is 9.59 Å². The zero-order chi connectivity index (χ0) is 24.2. The lowest BCUT2D eigenvalue weighted by Gasteiger charge is -2.37. The maximum Gasteiger partial charge on any atom is 0.258 e. The summed E-state index contributed by atoms with van der Waals surface area (Å²) in [5.41, 5.74) is 2.15. The Morgan fingerprint density at radius 3 is 2.47 bits per heavy atom. The minimum Gasteiger partial charge on any atom is -0.366 e. The molecule has 1 heterocycles. The van der Waals surface area contributed by atoms with E-state index >= 15 is 0 Å². The third-order valence-corrected chi connectivity index (χ3v) is 6.95. The topological polar surface area (TPSA) is 64.7 Å². The highest BCUT2D eigenvalue weighted by molar-refractivity contribution is 9.10. The largest absolute Gasteiger partial charge is 0.366 e. The minimum absolute atomic E-state index is 0.165. The fourth-order valence-corrected chi connectivity index (χ4v) is 4.97. The molecule has 0 aromatic heterocycles. The maximum atomic E-state index is 13.0. The summed E-state index contributed by atoms with van der Waals surface area (Å²) in [5.74, 6) is -0.130. The van der Waals surface area contributed by atoms with Crippen LogP contribution in [0.5, 0.6) is 0 Å². The van der Waals surface area contributed by atoms with Gasteiger partial charge in [-0.15, -0.1) is 0 Å². The average Bonchev–Trinajstić information content (AvgIpc) is 2.83. The number of amides is 2. The van der Waals surface area contributed by atoms with Crippen LogP contribution >= 0.6 is 39.7 Å². The van der Waals surface area contributed by atoms with E-state index in [-0.39, 0.29) is 16.9 Å². The molecule has 1 saturated heterocycles. The van der Waals surface area contributed by atoms with E-state index in [4.69, 9.17) is 23.8 Å². The third kappa shape index (κ3) is 5.35. The van der Waals surface area contributed by atoms with Crippen LogP contribution in [-0.2, 0) is 4.79 Å². The molecular formula is C25H24BrClN4O2S. The third-order valence-electron chi connectivity index (χ3n) is 5.82. The fraction of sp³-hybridized carbons (Fsp3) is 0.240. The normalized spacial score (nSPS) is 13.6. The quantitative estimate of drug-likeness (QED) is 0.417. The Balaban J connectivity index is 1.49. The molecule has 4 rings (SSSR count). The number of piperazine rings is 1. The van der Waals surface area contributed by atoms with E-state index in [9.17, 15) is 9.59 Å². The number of thiocarbonyl (C=S) groups is 1. The molecule has 0 unspecified atom stereocenters. The molecule has 1 aliphatic heterocycles. The predicted octanol–water partition coefficient (Wildman–Crippen LogP) is 5.44. The molecule has 3 aromatic rings.